The lowest BCUT2D eigenvalue weighted by Gasteiger charge is -2.19. The average Bonchev–Trinajstić information content (AvgIpc) is 2.40. The molecule has 0 fully saturated rings. The summed E-state index contributed by atoms with van der Waals surface area (Å²) < 4.78 is 0.998. The van der Waals surface area contributed by atoms with Gasteiger partial charge < -0.3 is 4.90 Å². The molecule has 104 valence electrons. The third-order valence-corrected chi connectivity index (χ3v) is 3.73. The summed E-state index contributed by atoms with van der Waals surface area (Å²) in [6.45, 7) is 0.564. The molecule has 2 rings (SSSR count). The van der Waals surface area contributed by atoms with Gasteiger partial charge in [0.15, 0.2) is 0 Å². The van der Waals surface area contributed by atoms with Gasteiger partial charge in [0.1, 0.15) is 10.7 Å². The number of nitro benzene ring substituents is 1. The first kappa shape index (κ1) is 14.8. The van der Waals surface area contributed by atoms with E-state index in [0.29, 0.717) is 12.2 Å². The largest absolute Gasteiger partial charge is 0.365 e. The summed E-state index contributed by atoms with van der Waals surface area (Å²) >= 11 is 9.29. The van der Waals surface area contributed by atoms with Crippen LogP contribution in [0, 0.1) is 10.1 Å². The first-order valence-electron chi connectivity index (χ1n) is 5.87. The van der Waals surface area contributed by atoms with Crippen molar-refractivity contribution in [2.45, 2.75) is 6.54 Å². The second-order valence-electron chi connectivity index (χ2n) is 4.35. The summed E-state index contributed by atoms with van der Waals surface area (Å²) in [6, 6.07) is 12.8. The van der Waals surface area contributed by atoms with E-state index in [9.17, 15) is 10.1 Å². The fourth-order valence-corrected chi connectivity index (χ4v) is 2.44. The van der Waals surface area contributed by atoms with E-state index in [1.807, 2.05) is 29.2 Å². The number of halogens is 2. The lowest BCUT2D eigenvalue weighted by Crippen LogP contribution is -2.17. The van der Waals surface area contributed by atoms with Crippen molar-refractivity contribution >= 4 is 38.9 Å². The highest BCUT2D eigenvalue weighted by molar-refractivity contribution is 9.10. The van der Waals surface area contributed by atoms with Crippen LogP contribution >= 0.6 is 27.5 Å². The van der Waals surface area contributed by atoms with Crippen LogP contribution in [-0.2, 0) is 6.54 Å². The number of nitrogens with zero attached hydrogens (tertiary/aromatic N) is 2. The molecule has 2 aromatic carbocycles. The molecule has 0 spiro atoms. The van der Waals surface area contributed by atoms with Crippen molar-refractivity contribution < 1.29 is 4.92 Å². The number of rotatable bonds is 4. The molecule has 0 bridgehead atoms. The number of para-hydroxylation sites is 1. The zero-order valence-electron chi connectivity index (χ0n) is 10.7. The Kier molecular flexibility index (Phi) is 4.62. The molecule has 0 amide bonds. The maximum atomic E-state index is 11.1. The highest BCUT2D eigenvalue weighted by Crippen LogP contribution is 2.34. The van der Waals surface area contributed by atoms with Gasteiger partial charge in [-0.25, -0.2) is 0 Å². The standard InChI is InChI=1S/C14H12BrClN2O2/c1-17(9-10-5-7-11(15)8-6-10)13-4-2-3-12(16)14(13)18(19)20/h2-8H,9H2,1H3. The summed E-state index contributed by atoms with van der Waals surface area (Å²) in [5.41, 5.74) is 1.50. The topological polar surface area (TPSA) is 46.4 Å². The molecule has 0 unspecified atom stereocenters. The molecule has 0 aromatic heterocycles. The first-order valence-corrected chi connectivity index (χ1v) is 7.04. The van der Waals surface area contributed by atoms with E-state index in [-0.39, 0.29) is 10.7 Å². The average molecular weight is 356 g/mol. The Balaban J connectivity index is 2.29. The van der Waals surface area contributed by atoms with Crippen LogP contribution in [0.2, 0.25) is 5.02 Å². The monoisotopic (exact) mass is 354 g/mol. The van der Waals surface area contributed by atoms with Gasteiger partial charge in [-0.1, -0.05) is 45.7 Å². The fraction of sp³-hybridized carbons (Fsp3) is 0.143. The van der Waals surface area contributed by atoms with Gasteiger partial charge in [0.2, 0.25) is 0 Å². The van der Waals surface area contributed by atoms with Crippen LogP contribution < -0.4 is 4.90 Å². The number of hydrogen-bond acceptors (Lipinski definition) is 3. The Bertz CT molecular complexity index is 632. The van der Waals surface area contributed by atoms with Crippen molar-refractivity contribution in [1.29, 1.82) is 0 Å². The molecule has 0 aliphatic carbocycles. The van der Waals surface area contributed by atoms with Crippen LogP contribution in [-0.4, -0.2) is 12.0 Å². The first-order chi connectivity index (χ1) is 9.49. The highest BCUT2D eigenvalue weighted by atomic mass is 79.9. The van der Waals surface area contributed by atoms with E-state index in [1.54, 1.807) is 19.2 Å². The van der Waals surface area contributed by atoms with Gasteiger partial charge in [0.25, 0.3) is 0 Å². The lowest BCUT2D eigenvalue weighted by molar-refractivity contribution is -0.384. The van der Waals surface area contributed by atoms with Gasteiger partial charge in [0.05, 0.1) is 4.92 Å². The van der Waals surface area contributed by atoms with E-state index in [4.69, 9.17) is 11.6 Å². The molecule has 0 saturated carbocycles. The Morgan fingerprint density at radius 3 is 2.50 bits per heavy atom. The van der Waals surface area contributed by atoms with E-state index in [2.05, 4.69) is 15.9 Å². The molecule has 0 aliphatic rings. The van der Waals surface area contributed by atoms with Crippen LogP contribution in [0.5, 0.6) is 0 Å². The van der Waals surface area contributed by atoms with Crippen LogP contribution in [0.15, 0.2) is 46.9 Å². The third kappa shape index (κ3) is 3.29. The summed E-state index contributed by atoms with van der Waals surface area (Å²) in [7, 11) is 1.81. The third-order valence-electron chi connectivity index (χ3n) is 2.89. The van der Waals surface area contributed by atoms with Crippen molar-refractivity contribution in [2.24, 2.45) is 0 Å². The molecule has 6 heteroatoms. The molecular formula is C14H12BrClN2O2. The summed E-state index contributed by atoms with van der Waals surface area (Å²) in [5.74, 6) is 0. The zero-order valence-corrected chi connectivity index (χ0v) is 13.1. The van der Waals surface area contributed by atoms with Gasteiger partial charge in [-0.05, 0) is 29.8 Å². The van der Waals surface area contributed by atoms with E-state index in [1.165, 1.54) is 6.07 Å². The molecular weight excluding hydrogens is 344 g/mol. The minimum absolute atomic E-state index is 0.0613. The molecule has 0 saturated heterocycles. The summed E-state index contributed by atoms with van der Waals surface area (Å²) in [5, 5.41) is 11.3. The molecule has 20 heavy (non-hydrogen) atoms. The number of hydrogen-bond donors (Lipinski definition) is 0. The van der Waals surface area contributed by atoms with Gasteiger partial charge in [-0.2, -0.15) is 0 Å². The van der Waals surface area contributed by atoms with Gasteiger partial charge in [-0.3, -0.25) is 10.1 Å². The Morgan fingerprint density at radius 1 is 1.25 bits per heavy atom. The van der Waals surface area contributed by atoms with Crippen LogP contribution in [0.4, 0.5) is 11.4 Å². The van der Waals surface area contributed by atoms with Gasteiger partial charge in [-0.15, -0.1) is 0 Å². The summed E-state index contributed by atoms with van der Waals surface area (Å²) in [4.78, 5) is 12.5. The van der Waals surface area contributed by atoms with Gasteiger partial charge in [0, 0.05) is 18.1 Å². The predicted molar refractivity (Wildman–Crippen MR) is 84.4 cm³/mol. The van der Waals surface area contributed by atoms with Crippen molar-refractivity contribution in [1.82, 2.24) is 0 Å². The van der Waals surface area contributed by atoms with Crippen molar-refractivity contribution in [2.75, 3.05) is 11.9 Å². The summed E-state index contributed by atoms with van der Waals surface area (Å²) in [6.07, 6.45) is 0. The lowest BCUT2D eigenvalue weighted by atomic mass is 10.2. The number of anilines is 1. The second-order valence-corrected chi connectivity index (χ2v) is 5.67. The van der Waals surface area contributed by atoms with Crippen LogP contribution in [0.25, 0.3) is 0 Å². The van der Waals surface area contributed by atoms with Crippen LogP contribution in [0.3, 0.4) is 0 Å². The molecule has 4 nitrogen and oxygen atoms in total. The molecule has 0 heterocycles. The maximum Gasteiger partial charge on any atom is 0.310 e. The normalized spacial score (nSPS) is 10.3. The Morgan fingerprint density at radius 2 is 1.90 bits per heavy atom. The van der Waals surface area contributed by atoms with E-state index >= 15 is 0 Å². The van der Waals surface area contributed by atoms with Gasteiger partial charge >= 0.3 is 5.69 Å². The predicted octanol–water partition coefficient (Wildman–Crippen LogP) is 4.65. The minimum Gasteiger partial charge on any atom is -0.365 e. The van der Waals surface area contributed by atoms with Crippen molar-refractivity contribution in [3.05, 3.63) is 67.6 Å². The number of benzene rings is 2. The zero-order chi connectivity index (χ0) is 14.7. The number of nitro groups is 1. The molecule has 2 aromatic rings. The smallest absolute Gasteiger partial charge is 0.310 e. The quantitative estimate of drug-likeness (QED) is 0.592. The van der Waals surface area contributed by atoms with Crippen LogP contribution in [0.1, 0.15) is 5.56 Å². The molecule has 0 N–H and O–H groups in total. The second kappa shape index (κ2) is 6.24. The van der Waals surface area contributed by atoms with Crippen molar-refractivity contribution in [3.8, 4) is 0 Å². The molecule has 0 atom stereocenters. The van der Waals surface area contributed by atoms with E-state index in [0.717, 1.165) is 10.0 Å². The Labute approximate surface area is 130 Å². The Hall–Kier alpha value is -1.59. The minimum atomic E-state index is -0.449. The van der Waals surface area contributed by atoms with E-state index < -0.39 is 4.92 Å². The SMILES string of the molecule is CN(Cc1ccc(Br)cc1)c1cccc(Cl)c1[N+](=O)[O-]. The molecule has 0 aliphatic heterocycles. The highest BCUT2D eigenvalue weighted by Gasteiger charge is 2.21. The van der Waals surface area contributed by atoms with Crippen molar-refractivity contribution in [3.63, 3.8) is 0 Å². The molecule has 0 radical (unpaired) electrons. The maximum absolute atomic E-state index is 11.1. The fourth-order valence-electron chi connectivity index (χ4n) is 1.94.